The summed E-state index contributed by atoms with van der Waals surface area (Å²) < 4.78 is 5.54. The Morgan fingerprint density at radius 1 is 1.48 bits per heavy atom. The van der Waals surface area contributed by atoms with Crippen molar-refractivity contribution < 1.29 is 14.0 Å². The van der Waals surface area contributed by atoms with Gasteiger partial charge in [-0.05, 0) is 31.0 Å². The maximum Gasteiger partial charge on any atom is 0.242 e. The minimum atomic E-state index is -0.389. The summed E-state index contributed by atoms with van der Waals surface area (Å²) in [5, 5.41) is 4.30. The zero-order valence-corrected chi connectivity index (χ0v) is 13.9. The van der Waals surface area contributed by atoms with Crippen LogP contribution in [0.15, 0.2) is 22.8 Å². The van der Waals surface area contributed by atoms with Crippen LogP contribution in [0.2, 0.25) is 5.02 Å². The molecule has 1 aromatic carbocycles. The van der Waals surface area contributed by atoms with Crippen LogP contribution in [0.1, 0.15) is 24.5 Å². The fraction of sp³-hybridized carbons (Fsp3) is 0.412. The van der Waals surface area contributed by atoms with Gasteiger partial charge in [0.1, 0.15) is 11.6 Å². The van der Waals surface area contributed by atoms with E-state index in [2.05, 4.69) is 5.32 Å². The van der Waals surface area contributed by atoms with E-state index in [0.29, 0.717) is 24.5 Å². The molecule has 1 atom stereocenters. The summed E-state index contributed by atoms with van der Waals surface area (Å²) >= 11 is 6.18. The fourth-order valence-corrected chi connectivity index (χ4v) is 3.19. The highest BCUT2D eigenvalue weighted by Gasteiger charge is 2.31. The number of halogens is 1. The number of hydrogen-bond donors (Lipinski definition) is 1. The molecule has 0 saturated carbocycles. The van der Waals surface area contributed by atoms with Gasteiger partial charge in [0, 0.05) is 29.1 Å². The fourth-order valence-electron chi connectivity index (χ4n) is 3.02. The van der Waals surface area contributed by atoms with E-state index in [0.717, 1.165) is 22.1 Å². The molecule has 2 heterocycles. The molecule has 0 radical (unpaired) electrons. The van der Waals surface area contributed by atoms with Gasteiger partial charge in [0.05, 0.1) is 12.7 Å². The van der Waals surface area contributed by atoms with Gasteiger partial charge in [-0.2, -0.15) is 0 Å². The van der Waals surface area contributed by atoms with Gasteiger partial charge in [-0.3, -0.25) is 9.59 Å². The number of nitrogens with one attached hydrogen (secondary N) is 1. The van der Waals surface area contributed by atoms with E-state index in [9.17, 15) is 9.59 Å². The smallest absolute Gasteiger partial charge is 0.242 e. The molecule has 0 unspecified atom stereocenters. The van der Waals surface area contributed by atoms with Crippen molar-refractivity contribution in [2.45, 2.75) is 32.7 Å². The third-order valence-corrected chi connectivity index (χ3v) is 4.72. The van der Waals surface area contributed by atoms with E-state index >= 15 is 0 Å². The van der Waals surface area contributed by atoms with Crippen molar-refractivity contribution in [1.82, 2.24) is 10.2 Å². The summed E-state index contributed by atoms with van der Waals surface area (Å²) in [5.41, 5.74) is 2.45. The molecule has 1 aromatic heterocycles. The summed E-state index contributed by atoms with van der Waals surface area (Å²) in [7, 11) is 0. The number of aryl methyl sites for hydroxylation is 1. The molecular formula is C17H19ClN2O3. The van der Waals surface area contributed by atoms with Gasteiger partial charge in [0.25, 0.3) is 0 Å². The van der Waals surface area contributed by atoms with Crippen LogP contribution in [0.4, 0.5) is 0 Å². The molecule has 1 fully saturated rings. The second kappa shape index (κ2) is 6.24. The second-order valence-electron chi connectivity index (χ2n) is 5.84. The van der Waals surface area contributed by atoms with Crippen molar-refractivity contribution in [3.05, 3.63) is 34.5 Å². The maximum atomic E-state index is 12.6. The summed E-state index contributed by atoms with van der Waals surface area (Å²) in [6.07, 6.45) is 2.41. The number of hydrogen-bond acceptors (Lipinski definition) is 3. The van der Waals surface area contributed by atoms with Gasteiger partial charge in [0.15, 0.2) is 0 Å². The van der Waals surface area contributed by atoms with Crippen molar-refractivity contribution in [3.63, 3.8) is 0 Å². The maximum absolute atomic E-state index is 12.6. The predicted octanol–water partition coefficient (Wildman–Crippen LogP) is 2.67. The SMILES string of the molecule is CC[C@@H]1C(=O)NCCN1C(=O)Cc1coc2cc(C)c(Cl)cc12. The first kappa shape index (κ1) is 15.9. The Hall–Kier alpha value is -2.01. The molecule has 3 rings (SSSR count). The number of piperazine rings is 1. The topological polar surface area (TPSA) is 62.6 Å². The average Bonchev–Trinajstić information content (AvgIpc) is 2.89. The molecule has 1 saturated heterocycles. The Labute approximate surface area is 139 Å². The average molecular weight is 335 g/mol. The van der Waals surface area contributed by atoms with Crippen LogP contribution >= 0.6 is 11.6 Å². The zero-order chi connectivity index (χ0) is 16.6. The highest BCUT2D eigenvalue weighted by Crippen LogP contribution is 2.28. The zero-order valence-electron chi connectivity index (χ0n) is 13.2. The number of amides is 2. The van der Waals surface area contributed by atoms with Crippen molar-refractivity contribution in [2.75, 3.05) is 13.1 Å². The molecule has 5 nitrogen and oxygen atoms in total. The predicted molar refractivity (Wildman–Crippen MR) is 88.5 cm³/mol. The lowest BCUT2D eigenvalue weighted by atomic mass is 10.1. The number of rotatable bonds is 3. The van der Waals surface area contributed by atoms with E-state index in [4.69, 9.17) is 16.0 Å². The number of fused-ring (bicyclic) bond motifs is 1. The van der Waals surface area contributed by atoms with Gasteiger partial charge in [-0.15, -0.1) is 0 Å². The van der Waals surface area contributed by atoms with E-state index < -0.39 is 0 Å². The largest absolute Gasteiger partial charge is 0.464 e. The van der Waals surface area contributed by atoms with Gasteiger partial charge >= 0.3 is 0 Å². The lowest BCUT2D eigenvalue weighted by molar-refractivity contribution is -0.142. The van der Waals surface area contributed by atoms with Crippen molar-refractivity contribution >= 4 is 34.4 Å². The van der Waals surface area contributed by atoms with Crippen molar-refractivity contribution in [3.8, 4) is 0 Å². The van der Waals surface area contributed by atoms with Crippen molar-refractivity contribution in [1.29, 1.82) is 0 Å². The van der Waals surface area contributed by atoms with Crippen molar-refractivity contribution in [2.24, 2.45) is 0 Å². The molecule has 122 valence electrons. The van der Waals surface area contributed by atoms with Crippen LogP contribution in [0.3, 0.4) is 0 Å². The van der Waals surface area contributed by atoms with Gasteiger partial charge in [-0.1, -0.05) is 18.5 Å². The Morgan fingerprint density at radius 2 is 2.26 bits per heavy atom. The molecule has 1 aliphatic heterocycles. The summed E-state index contributed by atoms with van der Waals surface area (Å²) in [4.78, 5) is 26.2. The number of nitrogens with zero attached hydrogens (tertiary/aromatic N) is 1. The van der Waals surface area contributed by atoms with E-state index in [1.807, 2.05) is 26.0 Å². The number of furan rings is 1. The second-order valence-corrected chi connectivity index (χ2v) is 6.24. The Morgan fingerprint density at radius 3 is 3.00 bits per heavy atom. The molecule has 0 aliphatic carbocycles. The molecule has 2 amide bonds. The normalized spacial score (nSPS) is 18.3. The summed E-state index contributed by atoms with van der Waals surface area (Å²) in [6, 6.07) is 3.31. The third kappa shape index (κ3) is 2.93. The van der Waals surface area contributed by atoms with Crippen LogP contribution in [-0.2, 0) is 16.0 Å². The number of carbonyl (C=O) groups is 2. The van der Waals surface area contributed by atoms with E-state index in [1.54, 1.807) is 11.2 Å². The van der Waals surface area contributed by atoms with Crippen LogP contribution in [0.25, 0.3) is 11.0 Å². The van der Waals surface area contributed by atoms with Crippen LogP contribution in [0, 0.1) is 6.92 Å². The van der Waals surface area contributed by atoms with Crippen LogP contribution < -0.4 is 5.32 Å². The molecule has 0 bridgehead atoms. The highest BCUT2D eigenvalue weighted by atomic mass is 35.5. The summed E-state index contributed by atoms with van der Waals surface area (Å²) in [5.74, 6) is -0.145. The first-order valence-electron chi connectivity index (χ1n) is 7.74. The summed E-state index contributed by atoms with van der Waals surface area (Å²) in [6.45, 7) is 4.86. The number of benzene rings is 1. The lowest BCUT2D eigenvalue weighted by Gasteiger charge is -2.34. The van der Waals surface area contributed by atoms with Gasteiger partial charge in [-0.25, -0.2) is 0 Å². The molecule has 23 heavy (non-hydrogen) atoms. The lowest BCUT2D eigenvalue weighted by Crippen LogP contribution is -2.57. The van der Waals surface area contributed by atoms with Gasteiger partial charge < -0.3 is 14.6 Å². The molecule has 1 N–H and O–H groups in total. The van der Waals surface area contributed by atoms with Crippen LogP contribution in [-0.4, -0.2) is 35.8 Å². The Kier molecular flexibility index (Phi) is 4.31. The van der Waals surface area contributed by atoms with E-state index in [1.165, 1.54) is 0 Å². The van der Waals surface area contributed by atoms with Gasteiger partial charge in [0.2, 0.25) is 11.8 Å². The van der Waals surface area contributed by atoms with E-state index in [-0.39, 0.29) is 24.3 Å². The molecule has 0 spiro atoms. The van der Waals surface area contributed by atoms with Crippen LogP contribution in [0.5, 0.6) is 0 Å². The molecule has 1 aliphatic rings. The Balaban J connectivity index is 1.85. The first-order valence-corrected chi connectivity index (χ1v) is 8.12. The highest BCUT2D eigenvalue weighted by molar-refractivity contribution is 6.32. The minimum absolute atomic E-state index is 0.0638. The molecule has 6 heteroatoms. The first-order chi connectivity index (χ1) is 11.0. The minimum Gasteiger partial charge on any atom is -0.464 e. The molecule has 2 aromatic rings. The number of carbonyl (C=O) groups excluding carboxylic acids is 2. The Bertz CT molecular complexity index is 769. The standard InChI is InChI=1S/C17H19ClN2O3/c1-3-14-17(22)19-4-5-20(14)16(21)7-11-9-23-15-6-10(2)13(18)8-12(11)15/h6,8-9,14H,3-5,7H2,1-2H3,(H,19,22)/t14-/m1/s1. The molecular weight excluding hydrogens is 316 g/mol. The third-order valence-electron chi connectivity index (χ3n) is 4.31. The monoisotopic (exact) mass is 334 g/mol. The quantitative estimate of drug-likeness (QED) is 0.938.